The lowest BCUT2D eigenvalue weighted by atomic mass is 9.44. The van der Waals surface area contributed by atoms with Crippen molar-refractivity contribution in [3.05, 3.63) is 119 Å². The van der Waals surface area contributed by atoms with E-state index in [1.807, 2.05) is 0 Å². The van der Waals surface area contributed by atoms with Crippen LogP contribution in [-0.2, 0) is 42.9 Å². The molecule has 1 saturated heterocycles. The summed E-state index contributed by atoms with van der Waals surface area (Å²) in [7, 11) is 0. The first-order valence-corrected chi connectivity index (χ1v) is 20.5. The standard InChI is InChI=1S/C47H51NO14/c1-25-31(60-43(56)36(52)35(28-16-10-7-11-17-28)48-41(54)29-18-12-8-13-19-29)23-47(57)40(61-42(55)30-20-14-9-15-21-30)38-45(6,32(51)22-33-46(38,24-58-33)62-27(3)50)39(53)37(59-26(2)49)34(25)44(47,4)5/h7-21,31-33,35-38,40,51-52,57H,22-24H2,1-6H3,(H,48,54)/t31?,32-,33?,35?,36+,37+,38-,40-,45+,46-,47?/m0/s1. The van der Waals surface area contributed by atoms with E-state index in [1.165, 1.54) is 26.0 Å². The maximum Gasteiger partial charge on any atom is 0.338 e. The molecule has 11 atom stereocenters. The van der Waals surface area contributed by atoms with Gasteiger partial charge in [0.2, 0.25) is 0 Å². The van der Waals surface area contributed by atoms with E-state index in [9.17, 15) is 39.3 Å². The molecule has 0 aromatic heterocycles. The van der Waals surface area contributed by atoms with Crippen molar-refractivity contribution >= 4 is 35.6 Å². The minimum Gasteiger partial charge on any atom is -0.456 e. The summed E-state index contributed by atoms with van der Waals surface area (Å²) in [5, 5.41) is 40.2. The highest BCUT2D eigenvalue weighted by atomic mass is 16.6. The van der Waals surface area contributed by atoms with Crippen molar-refractivity contribution in [2.24, 2.45) is 16.7 Å². The monoisotopic (exact) mass is 853 g/mol. The zero-order chi connectivity index (χ0) is 44.9. The van der Waals surface area contributed by atoms with Crippen molar-refractivity contribution in [3.63, 3.8) is 0 Å². The van der Waals surface area contributed by atoms with Crippen LogP contribution in [-0.4, -0.2) is 105 Å². The molecule has 15 nitrogen and oxygen atoms in total. The maximum absolute atomic E-state index is 15.5. The van der Waals surface area contributed by atoms with Gasteiger partial charge in [0.1, 0.15) is 23.9 Å². The Bertz CT molecular complexity index is 2280. The van der Waals surface area contributed by atoms with Gasteiger partial charge in [-0.3, -0.25) is 19.2 Å². The fourth-order valence-electron chi connectivity index (χ4n) is 10.2. The van der Waals surface area contributed by atoms with Gasteiger partial charge in [0.15, 0.2) is 23.6 Å². The number of Topliss-reactive ketones (excluding diaryl/α,β-unsaturated/α-hetero) is 1. The van der Waals surface area contributed by atoms with Gasteiger partial charge in [0.05, 0.1) is 35.6 Å². The molecule has 3 aromatic rings. The number of rotatable bonds is 10. The number of ketones is 1. The number of aliphatic hydroxyl groups excluding tert-OH is 2. The third-order valence-corrected chi connectivity index (χ3v) is 13.5. The van der Waals surface area contributed by atoms with Gasteiger partial charge in [-0.05, 0) is 54.8 Å². The summed E-state index contributed by atoms with van der Waals surface area (Å²) in [5.41, 5.74) is -7.02. The van der Waals surface area contributed by atoms with Crippen LogP contribution in [0.1, 0.15) is 86.7 Å². The summed E-state index contributed by atoms with van der Waals surface area (Å²) in [5.74, 6) is -6.84. The van der Waals surface area contributed by atoms with Crippen molar-refractivity contribution in [2.45, 2.75) is 108 Å². The number of amides is 1. The van der Waals surface area contributed by atoms with E-state index in [0.717, 1.165) is 13.8 Å². The Morgan fingerprint density at radius 2 is 1.40 bits per heavy atom. The van der Waals surface area contributed by atoms with E-state index in [2.05, 4.69) is 5.32 Å². The van der Waals surface area contributed by atoms with E-state index in [1.54, 1.807) is 92.7 Å². The molecule has 328 valence electrons. The van der Waals surface area contributed by atoms with Crippen molar-refractivity contribution in [2.75, 3.05) is 6.61 Å². The van der Waals surface area contributed by atoms with Crippen LogP contribution < -0.4 is 5.32 Å². The van der Waals surface area contributed by atoms with E-state index < -0.39 is 113 Å². The first-order chi connectivity index (χ1) is 29.3. The second kappa shape index (κ2) is 16.5. The maximum atomic E-state index is 15.5. The summed E-state index contributed by atoms with van der Waals surface area (Å²) >= 11 is 0. The van der Waals surface area contributed by atoms with E-state index in [-0.39, 0.29) is 35.3 Å². The fraction of sp³-hybridized carbons (Fsp3) is 0.447. The number of fused-ring (bicyclic) bond motifs is 5. The van der Waals surface area contributed by atoms with Gasteiger partial charge in [-0.2, -0.15) is 0 Å². The van der Waals surface area contributed by atoms with E-state index in [0.29, 0.717) is 5.56 Å². The SMILES string of the molecule is CC(=O)O[C@H]1C(=O)[C@]2(C)[C@@H](O)CC3OC[C@@]3(OC(C)=O)[C@H]2[C@H](OC(=O)c2ccccc2)C2(O)CC(OC(=O)[C@H](O)C(NC(=O)c3ccccc3)c3ccccc3)C(C)=C1C2(C)C. The molecule has 7 rings (SSSR count). The van der Waals surface area contributed by atoms with Gasteiger partial charge in [-0.25, -0.2) is 9.59 Å². The number of nitrogens with one attached hydrogen (secondary N) is 1. The number of hydrogen-bond donors (Lipinski definition) is 4. The highest BCUT2D eigenvalue weighted by Crippen LogP contribution is 2.64. The molecular weight excluding hydrogens is 803 g/mol. The number of carbonyl (C=O) groups is 6. The molecule has 2 bridgehead atoms. The van der Waals surface area contributed by atoms with Gasteiger partial charge in [0.25, 0.3) is 5.91 Å². The third kappa shape index (κ3) is 7.29. The van der Waals surface area contributed by atoms with Crippen molar-refractivity contribution in [3.8, 4) is 0 Å². The molecule has 3 aromatic carbocycles. The van der Waals surface area contributed by atoms with Crippen LogP contribution >= 0.6 is 0 Å². The molecular formula is C47H51NO14. The molecule has 4 unspecified atom stereocenters. The number of aliphatic hydroxyl groups is 3. The number of ether oxygens (including phenoxy) is 5. The average molecular weight is 854 g/mol. The zero-order valence-electron chi connectivity index (χ0n) is 35.2. The second-order valence-corrected chi connectivity index (χ2v) is 17.4. The summed E-state index contributed by atoms with van der Waals surface area (Å²) in [6.45, 7) is 7.97. The summed E-state index contributed by atoms with van der Waals surface area (Å²) < 4.78 is 30.3. The van der Waals surface area contributed by atoms with Gasteiger partial charge in [0, 0.05) is 37.7 Å². The summed E-state index contributed by atoms with van der Waals surface area (Å²) in [6, 6.07) is 22.9. The molecule has 3 fully saturated rings. The summed E-state index contributed by atoms with van der Waals surface area (Å²) in [6.07, 6.45) is -10.5. The molecule has 1 amide bonds. The van der Waals surface area contributed by atoms with Crippen molar-refractivity contribution in [1.82, 2.24) is 5.32 Å². The molecule has 1 heterocycles. The van der Waals surface area contributed by atoms with Crippen molar-refractivity contribution < 1.29 is 67.8 Å². The van der Waals surface area contributed by atoms with Crippen LogP contribution in [0, 0.1) is 16.7 Å². The Balaban J connectivity index is 1.39. The molecule has 2 saturated carbocycles. The lowest BCUT2D eigenvalue weighted by Crippen LogP contribution is -2.82. The van der Waals surface area contributed by atoms with Crippen LogP contribution in [0.4, 0.5) is 0 Å². The third-order valence-electron chi connectivity index (χ3n) is 13.5. The molecule has 0 radical (unpaired) electrons. The van der Waals surface area contributed by atoms with Crippen LogP contribution in [0.25, 0.3) is 0 Å². The molecule has 62 heavy (non-hydrogen) atoms. The lowest BCUT2D eigenvalue weighted by molar-refractivity contribution is -0.346. The first-order valence-electron chi connectivity index (χ1n) is 20.5. The Hall–Kier alpha value is -5.74. The number of esters is 4. The smallest absolute Gasteiger partial charge is 0.338 e. The zero-order valence-corrected chi connectivity index (χ0v) is 35.2. The van der Waals surface area contributed by atoms with Crippen LogP contribution in [0.15, 0.2) is 102 Å². The van der Waals surface area contributed by atoms with Crippen LogP contribution in [0.3, 0.4) is 0 Å². The highest BCUT2D eigenvalue weighted by Gasteiger charge is 2.78. The molecule has 15 heteroatoms. The lowest BCUT2D eigenvalue weighted by Gasteiger charge is -2.67. The van der Waals surface area contributed by atoms with Crippen molar-refractivity contribution in [1.29, 1.82) is 0 Å². The van der Waals surface area contributed by atoms with Crippen LogP contribution in [0.2, 0.25) is 0 Å². The largest absolute Gasteiger partial charge is 0.456 e. The number of benzene rings is 3. The first kappa shape index (κ1) is 44.3. The normalized spacial score (nSPS) is 31.9. The summed E-state index contributed by atoms with van der Waals surface area (Å²) in [4.78, 5) is 83.5. The highest BCUT2D eigenvalue weighted by molar-refractivity contribution is 5.96. The topological polar surface area (TPSA) is 221 Å². The minimum absolute atomic E-state index is 0.00289. The van der Waals surface area contributed by atoms with Gasteiger partial charge >= 0.3 is 23.9 Å². The Kier molecular flexibility index (Phi) is 11.8. The molecule has 0 spiro atoms. The number of carbonyl (C=O) groups excluding carboxylic acids is 6. The average Bonchev–Trinajstić information content (AvgIpc) is 3.24. The molecule has 3 aliphatic carbocycles. The van der Waals surface area contributed by atoms with E-state index >= 15 is 4.79 Å². The van der Waals surface area contributed by atoms with Gasteiger partial charge in [-0.1, -0.05) is 80.6 Å². The second-order valence-electron chi connectivity index (χ2n) is 17.4. The molecule has 1 aliphatic heterocycles. The molecule has 4 aliphatic rings. The minimum atomic E-state index is -2.39. The Labute approximate surface area is 358 Å². The quantitative estimate of drug-likeness (QED) is 0.130. The van der Waals surface area contributed by atoms with E-state index in [4.69, 9.17) is 23.7 Å². The fourth-order valence-corrected chi connectivity index (χ4v) is 10.2. The van der Waals surface area contributed by atoms with Gasteiger partial charge in [-0.15, -0.1) is 0 Å². The predicted molar refractivity (Wildman–Crippen MR) is 218 cm³/mol. The Morgan fingerprint density at radius 1 is 0.823 bits per heavy atom. The number of hydrogen-bond acceptors (Lipinski definition) is 14. The van der Waals surface area contributed by atoms with Gasteiger partial charge < -0.3 is 44.3 Å². The van der Waals surface area contributed by atoms with Crippen LogP contribution in [0.5, 0.6) is 0 Å². The Morgan fingerprint density at radius 3 is 1.95 bits per heavy atom. The molecule has 4 N–H and O–H groups in total. The predicted octanol–water partition coefficient (Wildman–Crippen LogP) is 3.74.